The van der Waals surface area contributed by atoms with E-state index in [1.165, 1.54) is 18.2 Å². The molecule has 0 spiro atoms. The first-order valence-corrected chi connectivity index (χ1v) is 6.76. The Bertz CT molecular complexity index is 597. The minimum atomic E-state index is -1.07. The summed E-state index contributed by atoms with van der Waals surface area (Å²) in [5, 5.41) is 0. The molecule has 0 aliphatic rings. The van der Waals surface area contributed by atoms with Crippen LogP contribution in [-0.4, -0.2) is 0 Å². The zero-order chi connectivity index (χ0) is 14.0. The fourth-order valence-corrected chi connectivity index (χ4v) is 2.41. The molecule has 1 nitrogen and oxygen atoms in total. The van der Waals surface area contributed by atoms with Crippen molar-refractivity contribution in [3.8, 4) is 5.75 Å². The third-order valence-electron chi connectivity index (χ3n) is 2.28. The van der Waals surface area contributed by atoms with Gasteiger partial charge in [-0.2, -0.15) is 4.39 Å². The molecular formula is C13H7Br2F3O. The van der Waals surface area contributed by atoms with Crippen molar-refractivity contribution in [2.75, 3.05) is 0 Å². The molecular weight excluding hydrogens is 389 g/mol. The van der Waals surface area contributed by atoms with Gasteiger partial charge < -0.3 is 4.74 Å². The highest BCUT2D eigenvalue weighted by molar-refractivity contribution is 9.10. The molecule has 19 heavy (non-hydrogen) atoms. The van der Waals surface area contributed by atoms with Crippen LogP contribution in [0, 0.1) is 17.5 Å². The summed E-state index contributed by atoms with van der Waals surface area (Å²) < 4.78 is 45.8. The number of hydrogen-bond acceptors (Lipinski definition) is 1. The highest BCUT2D eigenvalue weighted by Crippen LogP contribution is 2.26. The topological polar surface area (TPSA) is 9.23 Å². The van der Waals surface area contributed by atoms with Crippen LogP contribution in [-0.2, 0) is 6.61 Å². The van der Waals surface area contributed by atoms with Gasteiger partial charge in [-0.05, 0) is 35.9 Å². The summed E-state index contributed by atoms with van der Waals surface area (Å²) in [6.07, 6.45) is 0. The molecule has 0 bridgehead atoms. The zero-order valence-electron chi connectivity index (χ0n) is 9.39. The van der Waals surface area contributed by atoms with Gasteiger partial charge in [-0.3, -0.25) is 0 Å². The average Bonchev–Trinajstić information content (AvgIpc) is 2.30. The predicted molar refractivity (Wildman–Crippen MR) is 72.5 cm³/mol. The molecule has 100 valence electrons. The van der Waals surface area contributed by atoms with Crippen LogP contribution in [0.4, 0.5) is 13.2 Å². The molecule has 2 aromatic rings. The maximum absolute atomic E-state index is 13.4. The molecule has 0 aliphatic heterocycles. The van der Waals surface area contributed by atoms with Gasteiger partial charge in [-0.25, -0.2) is 8.78 Å². The van der Waals surface area contributed by atoms with Crippen molar-refractivity contribution in [2.45, 2.75) is 6.61 Å². The smallest absolute Gasteiger partial charge is 0.200 e. The normalized spacial score (nSPS) is 10.6. The predicted octanol–water partition coefficient (Wildman–Crippen LogP) is 5.21. The molecule has 0 amide bonds. The van der Waals surface area contributed by atoms with Crippen LogP contribution >= 0.6 is 31.9 Å². The minimum Gasteiger partial charge on any atom is -0.486 e. The SMILES string of the molecule is Fc1cc(Br)cc(COc2cc(Br)cc(F)c2F)c1. The van der Waals surface area contributed by atoms with Crippen molar-refractivity contribution in [3.05, 3.63) is 62.3 Å². The molecule has 2 aromatic carbocycles. The van der Waals surface area contributed by atoms with Gasteiger partial charge in [0.2, 0.25) is 5.82 Å². The number of benzene rings is 2. The quantitative estimate of drug-likeness (QED) is 0.648. The van der Waals surface area contributed by atoms with E-state index in [0.29, 0.717) is 14.5 Å². The lowest BCUT2D eigenvalue weighted by molar-refractivity contribution is 0.284. The summed E-state index contributed by atoms with van der Waals surface area (Å²) in [5.74, 6) is -2.75. The fourth-order valence-electron chi connectivity index (χ4n) is 1.49. The Balaban J connectivity index is 2.19. The number of halogens is 5. The Morgan fingerprint density at radius 2 is 1.58 bits per heavy atom. The van der Waals surface area contributed by atoms with Crippen LogP contribution in [0.25, 0.3) is 0 Å². The van der Waals surface area contributed by atoms with Gasteiger partial charge in [0.25, 0.3) is 0 Å². The summed E-state index contributed by atoms with van der Waals surface area (Å²) in [7, 11) is 0. The van der Waals surface area contributed by atoms with E-state index in [2.05, 4.69) is 31.9 Å². The van der Waals surface area contributed by atoms with E-state index in [1.54, 1.807) is 6.07 Å². The summed E-state index contributed by atoms with van der Waals surface area (Å²) >= 11 is 6.18. The van der Waals surface area contributed by atoms with Crippen molar-refractivity contribution in [1.82, 2.24) is 0 Å². The fraction of sp³-hybridized carbons (Fsp3) is 0.0769. The van der Waals surface area contributed by atoms with E-state index >= 15 is 0 Å². The molecule has 0 saturated carbocycles. The molecule has 0 N–H and O–H groups in total. The molecule has 0 heterocycles. The first-order chi connectivity index (χ1) is 8.95. The Morgan fingerprint density at radius 3 is 2.26 bits per heavy atom. The highest BCUT2D eigenvalue weighted by Gasteiger charge is 2.11. The third-order valence-corrected chi connectivity index (χ3v) is 3.19. The maximum atomic E-state index is 13.4. The molecule has 0 aromatic heterocycles. The summed E-state index contributed by atoms with van der Waals surface area (Å²) in [6, 6.07) is 6.50. The minimum absolute atomic E-state index is 0.0663. The third kappa shape index (κ3) is 3.73. The van der Waals surface area contributed by atoms with E-state index in [9.17, 15) is 13.2 Å². The van der Waals surface area contributed by atoms with Gasteiger partial charge in [0.05, 0.1) is 0 Å². The summed E-state index contributed by atoms with van der Waals surface area (Å²) in [4.78, 5) is 0. The first kappa shape index (κ1) is 14.4. The van der Waals surface area contributed by atoms with E-state index in [4.69, 9.17) is 4.74 Å². The molecule has 0 atom stereocenters. The van der Waals surface area contributed by atoms with Crippen molar-refractivity contribution in [2.24, 2.45) is 0 Å². The highest BCUT2D eigenvalue weighted by atomic mass is 79.9. The lowest BCUT2D eigenvalue weighted by Gasteiger charge is -2.09. The van der Waals surface area contributed by atoms with E-state index < -0.39 is 17.5 Å². The van der Waals surface area contributed by atoms with E-state index in [0.717, 1.165) is 6.07 Å². The standard InChI is InChI=1S/C13H7Br2F3O/c14-8-1-7(2-10(16)3-8)6-19-12-5-9(15)4-11(17)13(12)18/h1-5H,6H2. The Kier molecular flexibility index (Phi) is 4.52. The van der Waals surface area contributed by atoms with E-state index in [1.807, 2.05) is 0 Å². The Hall–Kier alpha value is -1.01. The second-order valence-corrected chi connectivity index (χ2v) is 5.60. The Labute approximate surface area is 124 Å². The van der Waals surface area contributed by atoms with E-state index in [-0.39, 0.29) is 12.4 Å². The van der Waals surface area contributed by atoms with Gasteiger partial charge in [0, 0.05) is 8.95 Å². The lowest BCUT2D eigenvalue weighted by Crippen LogP contribution is -1.99. The first-order valence-electron chi connectivity index (χ1n) is 5.18. The largest absolute Gasteiger partial charge is 0.486 e. The van der Waals surface area contributed by atoms with Crippen LogP contribution in [0.3, 0.4) is 0 Å². The molecule has 6 heteroatoms. The summed E-state index contributed by atoms with van der Waals surface area (Å²) in [6.45, 7) is -0.0663. The van der Waals surface area contributed by atoms with Gasteiger partial charge in [0.15, 0.2) is 11.6 Å². The van der Waals surface area contributed by atoms with Crippen LogP contribution in [0.1, 0.15) is 5.56 Å². The van der Waals surface area contributed by atoms with Crippen LogP contribution in [0.15, 0.2) is 39.3 Å². The van der Waals surface area contributed by atoms with Crippen molar-refractivity contribution >= 4 is 31.9 Å². The molecule has 0 saturated heterocycles. The second-order valence-electron chi connectivity index (χ2n) is 3.77. The second kappa shape index (κ2) is 5.96. The van der Waals surface area contributed by atoms with Crippen molar-refractivity contribution in [1.29, 1.82) is 0 Å². The van der Waals surface area contributed by atoms with Gasteiger partial charge >= 0.3 is 0 Å². The van der Waals surface area contributed by atoms with Gasteiger partial charge in [0.1, 0.15) is 12.4 Å². The maximum Gasteiger partial charge on any atom is 0.200 e. The average molecular weight is 396 g/mol. The number of rotatable bonds is 3. The molecule has 0 aliphatic carbocycles. The lowest BCUT2D eigenvalue weighted by atomic mass is 10.2. The van der Waals surface area contributed by atoms with Crippen LogP contribution < -0.4 is 4.74 Å². The molecule has 2 rings (SSSR count). The number of hydrogen-bond donors (Lipinski definition) is 0. The monoisotopic (exact) mass is 394 g/mol. The van der Waals surface area contributed by atoms with Crippen molar-refractivity contribution < 1.29 is 17.9 Å². The number of ether oxygens (including phenoxy) is 1. The van der Waals surface area contributed by atoms with Gasteiger partial charge in [-0.15, -0.1) is 0 Å². The Morgan fingerprint density at radius 1 is 0.895 bits per heavy atom. The van der Waals surface area contributed by atoms with Gasteiger partial charge in [-0.1, -0.05) is 31.9 Å². The molecule has 0 fully saturated rings. The van der Waals surface area contributed by atoms with Crippen molar-refractivity contribution in [3.63, 3.8) is 0 Å². The molecule has 0 radical (unpaired) electrons. The van der Waals surface area contributed by atoms with Crippen LogP contribution in [0.2, 0.25) is 0 Å². The zero-order valence-corrected chi connectivity index (χ0v) is 12.6. The summed E-state index contributed by atoms with van der Waals surface area (Å²) in [5.41, 5.74) is 0.506. The molecule has 0 unspecified atom stereocenters. The van der Waals surface area contributed by atoms with Crippen LogP contribution in [0.5, 0.6) is 5.75 Å².